The van der Waals surface area contributed by atoms with Crippen LogP contribution in [0.25, 0.3) is 0 Å². The van der Waals surface area contributed by atoms with Crippen molar-refractivity contribution in [2.75, 3.05) is 6.61 Å². The predicted octanol–water partition coefficient (Wildman–Crippen LogP) is -0.951. The number of ether oxygens (including phenoxy) is 13. The van der Waals surface area contributed by atoms with Crippen molar-refractivity contribution in [1.82, 2.24) is 0 Å². The second-order valence-electron chi connectivity index (χ2n) is 13.0. The zero-order valence-electron chi connectivity index (χ0n) is 32.4. The molecule has 316 valence electrons. The van der Waals surface area contributed by atoms with Crippen LogP contribution in [0, 0.1) is 0 Å². The predicted molar refractivity (Wildman–Crippen MR) is 175 cm³/mol. The van der Waals surface area contributed by atoms with Crippen LogP contribution in [0.4, 0.5) is 0 Å². The quantitative estimate of drug-likeness (QED) is 0.173. The third-order valence-corrected chi connectivity index (χ3v) is 8.21. The molecule has 0 aromatic rings. The van der Waals surface area contributed by atoms with Crippen LogP contribution in [0.1, 0.15) is 69.2 Å². The molecule has 56 heavy (non-hydrogen) atoms. The molecule has 0 radical (unpaired) electrons. The molecule has 1 N–H and O–H groups in total. The molecule has 3 aliphatic heterocycles. The van der Waals surface area contributed by atoms with Gasteiger partial charge in [0.1, 0.15) is 12.7 Å². The molecule has 0 saturated carbocycles. The van der Waals surface area contributed by atoms with Crippen molar-refractivity contribution in [2.45, 2.75) is 161 Å². The number of carbonyl (C=O) groups excluding carboxylic acids is 8. The Labute approximate surface area is 320 Å². The summed E-state index contributed by atoms with van der Waals surface area (Å²) in [5.74, 6) is -6.95. The summed E-state index contributed by atoms with van der Waals surface area (Å²) in [5.41, 5.74) is 0. The minimum absolute atomic E-state index is 0.567. The number of carbonyl (C=O) groups is 8. The molecule has 0 aromatic carbocycles. The molecule has 3 fully saturated rings. The van der Waals surface area contributed by atoms with E-state index in [-0.39, 0.29) is 0 Å². The van der Waals surface area contributed by atoms with Crippen LogP contribution < -0.4 is 0 Å². The molecule has 0 spiro atoms. The standard InChI is InChI=1S/C34H48O22/c1-12-23(47-15(4)36)26(50-18(7)39)30(53-21(10)42)33(45-12)56-31-27(51-19(8)40)24(48-16(5)37)13(2)46-34(31)55-29-28(52-20(9)41)25(49-17(6)38)22(54-32(29)43)11-44-14(3)35/h12-13,22-34,43H,11H2,1-10H3/t12-,13-,22+,23-,24-,25-,26+,27+,28-,29+,30+,31+,32+,33-,34-/m0/s1. The van der Waals surface area contributed by atoms with E-state index in [0.717, 1.165) is 55.4 Å². The average molecular weight is 809 g/mol. The Bertz CT molecular complexity index is 1460. The maximum atomic E-state index is 12.6. The molecule has 22 heteroatoms. The summed E-state index contributed by atoms with van der Waals surface area (Å²) in [4.78, 5) is 97.8. The van der Waals surface area contributed by atoms with Crippen LogP contribution in [0.2, 0.25) is 0 Å². The lowest BCUT2D eigenvalue weighted by molar-refractivity contribution is -0.387. The molecule has 15 atom stereocenters. The largest absolute Gasteiger partial charge is 0.463 e. The van der Waals surface area contributed by atoms with Gasteiger partial charge in [-0.2, -0.15) is 0 Å². The third-order valence-electron chi connectivity index (χ3n) is 8.21. The van der Waals surface area contributed by atoms with E-state index in [4.69, 9.17) is 61.6 Å². The molecule has 22 nitrogen and oxygen atoms in total. The first-order chi connectivity index (χ1) is 26.1. The molecule has 3 aliphatic rings. The van der Waals surface area contributed by atoms with Gasteiger partial charge >= 0.3 is 47.8 Å². The van der Waals surface area contributed by atoms with Gasteiger partial charge in [0, 0.05) is 55.4 Å². The third kappa shape index (κ3) is 12.5. The van der Waals surface area contributed by atoms with Crippen molar-refractivity contribution in [3.63, 3.8) is 0 Å². The zero-order chi connectivity index (χ0) is 42.2. The summed E-state index contributed by atoms with van der Waals surface area (Å²) in [6.07, 6.45) is -23.9. The Morgan fingerprint density at radius 3 is 1.14 bits per heavy atom. The van der Waals surface area contributed by atoms with E-state index in [2.05, 4.69) is 0 Å². The molecule has 0 aliphatic carbocycles. The zero-order valence-corrected chi connectivity index (χ0v) is 32.4. The summed E-state index contributed by atoms with van der Waals surface area (Å²) in [7, 11) is 0. The molecule has 3 heterocycles. The van der Waals surface area contributed by atoms with Gasteiger partial charge in [-0.3, -0.25) is 38.4 Å². The van der Waals surface area contributed by atoms with E-state index in [9.17, 15) is 43.5 Å². The first kappa shape index (κ1) is 45.9. The normalized spacial score (nSPS) is 35.4. The number of hydrogen-bond donors (Lipinski definition) is 1. The Kier molecular flexibility index (Phi) is 16.5. The minimum Gasteiger partial charge on any atom is -0.463 e. The van der Waals surface area contributed by atoms with Gasteiger partial charge in [0.2, 0.25) is 0 Å². The maximum Gasteiger partial charge on any atom is 0.303 e. The van der Waals surface area contributed by atoms with Crippen LogP contribution in [-0.4, -0.2) is 152 Å². The van der Waals surface area contributed by atoms with E-state index in [1.54, 1.807) is 0 Å². The van der Waals surface area contributed by atoms with Gasteiger partial charge in [0.15, 0.2) is 73.8 Å². The molecule has 0 amide bonds. The summed E-state index contributed by atoms with van der Waals surface area (Å²) >= 11 is 0. The Morgan fingerprint density at radius 1 is 0.411 bits per heavy atom. The lowest BCUT2D eigenvalue weighted by atomic mass is 9.96. The Hall–Kier alpha value is -4.48. The van der Waals surface area contributed by atoms with Crippen molar-refractivity contribution in [3.05, 3.63) is 0 Å². The van der Waals surface area contributed by atoms with Gasteiger partial charge < -0.3 is 66.7 Å². The fourth-order valence-electron chi connectivity index (χ4n) is 6.33. The molecule has 3 saturated heterocycles. The molecular weight excluding hydrogens is 760 g/mol. The lowest BCUT2D eigenvalue weighted by Gasteiger charge is -2.50. The number of aliphatic hydroxyl groups is 1. The highest BCUT2D eigenvalue weighted by Crippen LogP contribution is 2.37. The minimum atomic E-state index is -2.04. The first-order valence-electron chi connectivity index (χ1n) is 17.4. The van der Waals surface area contributed by atoms with Gasteiger partial charge in [-0.05, 0) is 13.8 Å². The van der Waals surface area contributed by atoms with Gasteiger partial charge in [-0.25, -0.2) is 0 Å². The summed E-state index contributed by atoms with van der Waals surface area (Å²) in [5, 5.41) is 11.3. The molecule has 0 aromatic heterocycles. The SMILES string of the molecule is CC(=O)OC[C@H]1O[C@@H](O)[C@H](O[C@@H]2O[C@@H](C)[C@H](OC(C)=O)[C@@H](OC(C)=O)[C@H]2O[C@@H]2O[C@@H](C)[C@H](OC(C)=O)[C@@H](OC(C)=O)[C@H]2OC(C)=O)[C@@H](OC(C)=O)[C@H]1OC(C)=O. The van der Waals surface area contributed by atoms with Crippen molar-refractivity contribution in [3.8, 4) is 0 Å². The van der Waals surface area contributed by atoms with Crippen molar-refractivity contribution in [2.24, 2.45) is 0 Å². The monoisotopic (exact) mass is 808 g/mol. The van der Waals surface area contributed by atoms with Gasteiger partial charge in [-0.15, -0.1) is 0 Å². The van der Waals surface area contributed by atoms with Crippen molar-refractivity contribution >= 4 is 47.8 Å². The molecule has 0 unspecified atom stereocenters. The Balaban J connectivity index is 2.18. The number of esters is 8. The van der Waals surface area contributed by atoms with E-state index >= 15 is 0 Å². The summed E-state index contributed by atoms with van der Waals surface area (Å²) < 4.78 is 73.5. The van der Waals surface area contributed by atoms with Crippen molar-refractivity contribution < 1.29 is 105 Å². The van der Waals surface area contributed by atoms with E-state index < -0.39 is 146 Å². The van der Waals surface area contributed by atoms with E-state index in [0.29, 0.717) is 0 Å². The number of aliphatic hydroxyl groups excluding tert-OH is 1. The molecule has 0 bridgehead atoms. The summed E-state index contributed by atoms with van der Waals surface area (Å²) in [6.45, 7) is 10.6. The fourth-order valence-corrected chi connectivity index (χ4v) is 6.33. The Morgan fingerprint density at radius 2 is 0.732 bits per heavy atom. The number of hydrogen-bond acceptors (Lipinski definition) is 22. The van der Waals surface area contributed by atoms with Crippen LogP contribution >= 0.6 is 0 Å². The smallest absolute Gasteiger partial charge is 0.303 e. The second-order valence-corrected chi connectivity index (χ2v) is 13.0. The highest BCUT2D eigenvalue weighted by atomic mass is 16.8. The van der Waals surface area contributed by atoms with E-state index in [1.807, 2.05) is 0 Å². The van der Waals surface area contributed by atoms with Gasteiger partial charge in [0.05, 0.1) is 12.2 Å². The van der Waals surface area contributed by atoms with Gasteiger partial charge in [0.25, 0.3) is 0 Å². The second kappa shape index (κ2) is 20.1. The highest BCUT2D eigenvalue weighted by Gasteiger charge is 2.58. The van der Waals surface area contributed by atoms with Crippen LogP contribution in [0.3, 0.4) is 0 Å². The topological polar surface area (TPSA) is 277 Å². The molecular formula is C34H48O22. The fraction of sp³-hybridized carbons (Fsp3) is 0.765. The van der Waals surface area contributed by atoms with Crippen LogP contribution in [0.15, 0.2) is 0 Å². The average Bonchev–Trinajstić information content (AvgIpc) is 3.04. The highest BCUT2D eigenvalue weighted by molar-refractivity contribution is 5.69. The van der Waals surface area contributed by atoms with Crippen molar-refractivity contribution in [1.29, 1.82) is 0 Å². The lowest BCUT2D eigenvalue weighted by Crippen LogP contribution is -2.68. The maximum absolute atomic E-state index is 12.6. The first-order valence-corrected chi connectivity index (χ1v) is 17.4. The van der Waals surface area contributed by atoms with Crippen LogP contribution in [0.5, 0.6) is 0 Å². The van der Waals surface area contributed by atoms with Gasteiger partial charge in [-0.1, -0.05) is 0 Å². The summed E-state index contributed by atoms with van der Waals surface area (Å²) in [6, 6.07) is 0. The van der Waals surface area contributed by atoms with Crippen LogP contribution in [-0.2, 0) is 99.9 Å². The number of rotatable bonds is 13. The molecule has 3 rings (SSSR count). The van der Waals surface area contributed by atoms with E-state index in [1.165, 1.54) is 13.8 Å².